The van der Waals surface area contributed by atoms with Gasteiger partial charge in [-0.05, 0) is 36.8 Å². The van der Waals surface area contributed by atoms with Crippen LogP contribution in [0.15, 0.2) is 29.2 Å². The second kappa shape index (κ2) is 5.99. The van der Waals surface area contributed by atoms with Crippen LogP contribution in [0.2, 0.25) is 0 Å². The summed E-state index contributed by atoms with van der Waals surface area (Å²) in [7, 11) is 0. The second-order valence-corrected chi connectivity index (χ2v) is 8.14. The third kappa shape index (κ3) is 2.00. The lowest BCUT2D eigenvalue weighted by atomic mass is 9.51. The number of nitriles is 3. The second-order valence-electron chi connectivity index (χ2n) is 7.26. The van der Waals surface area contributed by atoms with Gasteiger partial charge in [-0.3, -0.25) is 5.41 Å². The van der Waals surface area contributed by atoms with E-state index in [1.54, 1.807) is 11.8 Å². The smallest absolute Gasteiger partial charge is 0.217 e. The molecule has 2 bridgehead atoms. The highest BCUT2D eigenvalue weighted by Crippen LogP contribution is 2.69. The van der Waals surface area contributed by atoms with Gasteiger partial charge in [0, 0.05) is 11.3 Å². The van der Waals surface area contributed by atoms with Gasteiger partial charge in [0.2, 0.25) is 17.1 Å². The van der Waals surface area contributed by atoms with Gasteiger partial charge in [-0.2, -0.15) is 15.8 Å². The average molecular weight is 378 g/mol. The SMILES string of the molecule is CSc1ccc([C@H]2O[C@@]34CCCC[C@H]3[C@](C#N)(C(=N)O4)C2(C#N)C#N)cc1. The molecular formula is C20H18N4O2S. The topological polar surface area (TPSA) is 114 Å². The summed E-state index contributed by atoms with van der Waals surface area (Å²) in [6.07, 6.45) is 3.87. The van der Waals surface area contributed by atoms with Crippen molar-refractivity contribution in [3.05, 3.63) is 29.8 Å². The Hall–Kier alpha value is -2.53. The lowest BCUT2D eigenvalue weighted by Gasteiger charge is -2.51. The summed E-state index contributed by atoms with van der Waals surface area (Å²) in [6, 6.07) is 13.8. The van der Waals surface area contributed by atoms with Gasteiger partial charge in [-0.15, -0.1) is 11.8 Å². The minimum absolute atomic E-state index is 0.303. The molecule has 1 saturated carbocycles. The average Bonchev–Trinajstić information content (AvgIpc) is 2.92. The maximum Gasteiger partial charge on any atom is 0.217 e. The Kier molecular flexibility index (Phi) is 3.96. The van der Waals surface area contributed by atoms with Crippen molar-refractivity contribution in [2.45, 2.75) is 42.5 Å². The van der Waals surface area contributed by atoms with E-state index in [1.165, 1.54) is 0 Å². The summed E-state index contributed by atoms with van der Waals surface area (Å²) >= 11 is 1.59. The number of ether oxygens (including phenoxy) is 2. The van der Waals surface area contributed by atoms with Gasteiger partial charge < -0.3 is 9.47 Å². The number of benzene rings is 1. The monoisotopic (exact) mass is 378 g/mol. The molecule has 1 N–H and O–H groups in total. The van der Waals surface area contributed by atoms with Crippen molar-refractivity contribution in [3.8, 4) is 18.2 Å². The predicted molar refractivity (Wildman–Crippen MR) is 97.3 cm³/mol. The highest BCUT2D eigenvalue weighted by atomic mass is 32.2. The molecule has 0 aromatic heterocycles. The van der Waals surface area contributed by atoms with Crippen LogP contribution in [-0.2, 0) is 9.47 Å². The van der Waals surface area contributed by atoms with E-state index in [1.807, 2.05) is 30.5 Å². The van der Waals surface area contributed by atoms with E-state index < -0.39 is 28.6 Å². The minimum Gasteiger partial charge on any atom is -0.447 e. The molecule has 2 heterocycles. The van der Waals surface area contributed by atoms with Crippen LogP contribution in [-0.4, -0.2) is 17.9 Å². The molecule has 2 saturated heterocycles. The van der Waals surface area contributed by atoms with Crippen LogP contribution >= 0.6 is 11.8 Å². The quantitative estimate of drug-likeness (QED) is 0.780. The van der Waals surface area contributed by atoms with Crippen LogP contribution < -0.4 is 0 Å². The van der Waals surface area contributed by atoms with Gasteiger partial charge in [0.05, 0.1) is 24.1 Å². The molecule has 0 amide bonds. The molecule has 0 radical (unpaired) electrons. The van der Waals surface area contributed by atoms with Gasteiger partial charge >= 0.3 is 0 Å². The molecule has 2 aliphatic heterocycles. The van der Waals surface area contributed by atoms with E-state index >= 15 is 0 Å². The lowest BCUT2D eigenvalue weighted by Crippen LogP contribution is -2.60. The van der Waals surface area contributed by atoms with E-state index in [4.69, 9.17) is 14.9 Å². The molecule has 0 unspecified atom stereocenters. The Labute approximate surface area is 162 Å². The Balaban J connectivity index is 1.95. The van der Waals surface area contributed by atoms with Crippen molar-refractivity contribution < 1.29 is 9.47 Å². The summed E-state index contributed by atoms with van der Waals surface area (Å²) in [5.41, 5.74) is -2.82. The molecule has 1 aliphatic carbocycles. The zero-order valence-electron chi connectivity index (χ0n) is 14.9. The Morgan fingerprint density at radius 2 is 1.81 bits per heavy atom. The van der Waals surface area contributed by atoms with Gasteiger partial charge in [-0.1, -0.05) is 18.6 Å². The fraction of sp³-hybridized carbons (Fsp3) is 0.500. The van der Waals surface area contributed by atoms with E-state index in [2.05, 4.69) is 18.2 Å². The number of thioether (sulfide) groups is 1. The van der Waals surface area contributed by atoms with E-state index in [9.17, 15) is 15.8 Å². The Morgan fingerprint density at radius 1 is 1.11 bits per heavy atom. The summed E-state index contributed by atoms with van der Waals surface area (Å²) in [6.45, 7) is 0. The Morgan fingerprint density at radius 3 is 2.41 bits per heavy atom. The fourth-order valence-corrected chi connectivity index (χ4v) is 5.35. The molecule has 4 atom stereocenters. The number of nitrogens with one attached hydrogen (secondary N) is 1. The van der Waals surface area contributed by atoms with Gasteiger partial charge in [-0.25, -0.2) is 0 Å². The third-order valence-corrected chi connectivity index (χ3v) is 6.98. The largest absolute Gasteiger partial charge is 0.447 e. The first-order valence-corrected chi connectivity index (χ1v) is 10.1. The molecule has 3 fully saturated rings. The summed E-state index contributed by atoms with van der Waals surface area (Å²) < 4.78 is 12.2. The van der Waals surface area contributed by atoms with Crippen LogP contribution in [0.5, 0.6) is 0 Å². The molecule has 4 rings (SSSR count). The van der Waals surface area contributed by atoms with Gasteiger partial charge in [0.1, 0.15) is 6.10 Å². The van der Waals surface area contributed by atoms with Crippen LogP contribution in [0.3, 0.4) is 0 Å². The third-order valence-electron chi connectivity index (χ3n) is 6.23. The molecule has 6 nitrogen and oxygen atoms in total. The summed E-state index contributed by atoms with van der Waals surface area (Å²) in [4.78, 5) is 1.05. The standard InChI is InChI=1S/C20H18N4O2S/c1-27-14-7-5-13(6-8-14)16-18(10-21,11-22)19(12-23)15-4-2-3-9-20(15,25-16)26-17(19)24/h5-8,15-16,24H,2-4,9H2,1H3/t15-,16+,19+,20+/m0/s1. The number of hydrogen-bond donors (Lipinski definition) is 1. The molecular weight excluding hydrogens is 360 g/mol. The highest BCUT2D eigenvalue weighted by Gasteiger charge is 2.80. The number of hydrogen-bond acceptors (Lipinski definition) is 7. The predicted octanol–water partition coefficient (Wildman–Crippen LogP) is 3.92. The van der Waals surface area contributed by atoms with E-state index in [0.29, 0.717) is 18.4 Å². The Bertz CT molecular complexity index is 911. The van der Waals surface area contributed by atoms with Crippen molar-refractivity contribution >= 4 is 17.7 Å². The van der Waals surface area contributed by atoms with Crippen molar-refractivity contribution in [1.29, 1.82) is 21.2 Å². The summed E-state index contributed by atoms with van der Waals surface area (Å²) in [5.74, 6) is -1.90. The van der Waals surface area contributed by atoms with Crippen molar-refractivity contribution in [2.24, 2.45) is 16.7 Å². The van der Waals surface area contributed by atoms with E-state index in [0.717, 1.165) is 17.7 Å². The van der Waals surface area contributed by atoms with Crippen molar-refractivity contribution in [3.63, 3.8) is 0 Å². The van der Waals surface area contributed by atoms with Crippen molar-refractivity contribution in [2.75, 3.05) is 6.26 Å². The lowest BCUT2D eigenvalue weighted by molar-refractivity contribution is -0.294. The highest BCUT2D eigenvalue weighted by molar-refractivity contribution is 7.98. The molecule has 3 aliphatic rings. The van der Waals surface area contributed by atoms with Gasteiger partial charge in [0.15, 0.2) is 5.41 Å². The maximum absolute atomic E-state index is 10.2. The molecule has 1 aromatic carbocycles. The normalized spacial score (nSPS) is 35.9. The van der Waals surface area contributed by atoms with Crippen LogP contribution in [0, 0.1) is 56.2 Å². The first kappa shape index (κ1) is 17.9. The first-order valence-electron chi connectivity index (χ1n) is 8.87. The molecule has 1 aromatic rings. The first-order chi connectivity index (χ1) is 13.0. The van der Waals surface area contributed by atoms with E-state index in [-0.39, 0.29) is 5.90 Å². The molecule has 136 valence electrons. The molecule has 27 heavy (non-hydrogen) atoms. The molecule has 0 spiro atoms. The zero-order valence-corrected chi connectivity index (χ0v) is 15.7. The zero-order chi connectivity index (χ0) is 19.3. The molecule has 7 heteroatoms. The van der Waals surface area contributed by atoms with Crippen LogP contribution in [0.1, 0.15) is 37.4 Å². The van der Waals surface area contributed by atoms with Gasteiger partial charge in [0.25, 0.3) is 0 Å². The minimum atomic E-state index is -1.85. The van der Waals surface area contributed by atoms with Crippen LogP contribution in [0.4, 0.5) is 0 Å². The number of nitrogens with zero attached hydrogens (tertiary/aromatic N) is 3. The van der Waals surface area contributed by atoms with Crippen molar-refractivity contribution in [1.82, 2.24) is 0 Å². The maximum atomic E-state index is 10.2. The number of rotatable bonds is 2. The van der Waals surface area contributed by atoms with Crippen LogP contribution in [0.25, 0.3) is 0 Å². The fourth-order valence-electron chi connectivity index (χ4n) is 4.94. The summed E-state index contributed by atoms with van der Waals surface area (Å²) in [5, 5.41) is 38.9.